The van der Waals surface area contributed by atoms with Crippen molar-refractivity contribution in [1.29, 1.82) is 0 Å². The Balaban J connectivity index is 2.15. The van der Waals surface area contributed by atoms with Crippen molar-refractivity contribution in [3.8, 4) is 0 Å². The van der Waals surface area contributed by atoms with Crippen LogP contribution in [0.15, 0.2) is 18.2 Å². The third-order valence-corrected chi connectivity index (χ3v) is 3.47. The highest BCUT2D eigenvalue weighted by atomic mass is 16.5. The Morgan fingerprint density at radius 2 is 2.30 bits per heavy atom. The van der Waals surface area contributed by atoms with Crippen molar-refractivity contribution in [2.24, 2.45) is 0 Å². The summed E-state index contributed by atoms with van der Waals surface area (Å²) < 4.78 is 10.6. The Hall–Kier alpha value is -1.75. The Kier molecular flexibility index (Phi) is 4.84. The Labute approximate surface area is 119 Å². The maximum Gasteiger partial charge on any atom is 0.338 e. The molecule has 110 valence electrons. The van der Waals surface area contributed by atoms with E-state index in [1.807, 2.05) is 6.07 Å². The SMILES string of the molecule is CCOC(=O)c1ccc(N2CCOC(CC)C2)c(N)c1. The normalized spacial score (nSPS) is 18.9. The number of ether oxygens (including phenoxy) is 2. The van der Waals surface area contributed by atoms with E-state index in [4.69, 9.17) is 15.2 Å². The third kappa shape index (κ3) is 3.22. The van der Waals surface area contributed by atoms with E-state index < -0.39 is 0 Å². The van der Waals surface area contributed by atoms with E-state index in [-0.39, 0.29) is 12.1 Å². The summed E-state index contributed by atoms with van der Waals surface area (Å²) in [5, 5.41) is 0. The Bertz CT molecular complexity index is 476. The van der Waals surface area contributed by atoms with Crippen molar-refractivity contribution < 1.29 is 14.3 Å². The van der Waals surface area contributed by atoms with Crippen molar-refractivity contribution in [2.45, 2.75) is 26.4 Å². The number of morpholine rings is 1. The van der Waals surface area contributed by atoms with Gasteiger partial charge in [0.25, 0.3) is 0 Å². The summed E-state index contributed by atoms with van der Waals surface area (Å²) in [4.78, 5) is 13.9. The molecule has 1 aliphatic heterocycles. The van der Waals surface area contributed by atoms with Gasteiger partial charge in [0, 0.05) is 13.1 Å². The van der Waals surface area contributed by atoms with Crippen LogP contribution in [0.1, 0.15) is 30.6 Å². The molecule has 1 aliphatic rings. The zero-order valence-corrected chi connectivity index (χ0v) is 12.1. The van der Waals surface area contributed by atoms with Crippen LogP contribution in [0.5, 0.6) is 0 Å². The molecule has 0 spiro atoms. The summed E-state index contributed by atoms with van der Waals surface area (Å²) in [5.74, 6) is -0.334. The van der Waals surface area contributed by atoms with Gasteiger partial charge in [-0.05, 0) is 31.5 Å². The maximum absolute atomic E-state index is 11.7. The molecule has 0 saturated carbocycles. The molecule has 1 aromatic carbocycles. The number of hydrogen-bond acceptors (Lipinski definition) is 5. The molecule has 0 bridgehead atoms. The highest BCUT2D eigenvalue weighted by molar-refractivity contribution is 5.92. The van der Waals surface area contributed by atoms with E-state index in [0.29, 0.717) is 24.5 Å². The van der Waals surface area contributed by atoms with Crippen LogP contribution in [0.25, 0.3) is 0 Å². The lowest BCUT2D eigenvalue weighted by Crippen LogP contribution is -2.42. The quantitative estimate of drug-likeness (QED) is 0.674. The van der Waals surface area contributed by atoms with Crippen molar-refractivity contribution in [3.63, 3.8) is 0 Å². The van der Waals surface area contributed by atoms with Crippen LogP contribution < -0.4 is 10.6 Å². The fourth-order valence-electron chi connectivity index (χ4n) is 2.37. The van der Waals surface area contributed by atoms with Gasteiger partial charge in [0.15, 0.2) is 0 Å². The molecule has 0 amide bonds. The van der Waals surface area contributed by atoms with Gasteiger partial charge >= 0.3 is 5.97 Å². The minimum atomic E-state index is -0.334. The number of nitrogens with zero attached hydrogens (tertiary/aromatic N) is 1. The maximum atomic E-state index is 11.7. The molecule has 1 atom stereocenters. The molecule has 1 heterocycles. The van der Waals surface area contributed by atoms with Crippen molar-refractivity contribution in [3.05, 3.63) is 23.8 Å². The van der Waals surface area contributed by atoms with Crippen LogP contribution in [0, 0.1) is 0 Å². The minimum Gasteiger partial charge on any atom is -0.462 e. The first-order valence-electron chi connectivity index (χ1n) is 7.08. The number of hydrogen-bond donors (Lipinski definition) is 1. The first kappa shape index (κ1) is 14.7. The second kappa shape index (κ2) is 6.61. The number of rotatable bonds is 4. The van der Waals surface area contributed by atoms with Crippen molar-refractivity contribution in [1.82, 2.24) is 0 Å². The van der Waals surface area contributed by atoms with Crippen LogP contribution in [0.4, 0.5) is 11.4 Å². The monoisotopic (exact) mass is 278 g/mol. The highest BCUT2D eigenvalue weighted by Gasteiger charge is 2.21. The highest BCUT2D eigenvalue weighted by Crippen LogP contribution is 2.27. The van der Waals surface area contributed by atoms with Gasteiger partial charge in [-0.15, -0.1) is 0 Å². The predicted octanol–water partition coefficient (Wildman–Crippen LogP) is 2.06. The van der Waals surface area contributed by atoms with Gasteiger partial charge in [-0.25, -0.2) is 4.79 Å². The topological polar surface area (TPSA) is 64.8 Å². The molecule has 2 rings (SSSR count). The number of nitrogen functional groups attached to an aromatic ring is 1. The lowest BCUT2D eigenvalue weighted by atomic mass is 10.1. The Morgan fingerprint density at radius 1 is 1.50 bits per heavy atom. The summed E-state index contributed by atoms with van der Waals surface area (Å²) in [7, 11) is 0. The average Bonchev–Trinajstić information content (AvgIpc) is 2.47. The molecular weight excluding hydrogens is 256 g/mol. The number of esters is 1. The molecule has 0 aromatic heterocycles. The second-order valence-corrected chi connectivity index (χ2v) is 4.84. The number of benzene rings is 1. The third-order valence-electron chi connectivity index (χ3n) is 3.47. The van der Waals surface area contributed by atoms with Gasteiger partial charge in [0.05, 0.1) is 36.3 Å². The first-order valence-corrected chi connectivity index (χ1v) is 7.08. The van der Waals surface area contributed by atoms with Gasteiger partial charge in [0.1, 0.15) is 0 Å². The van der Waals surface area contributed by atoms with E-state index in [0.717, 1.165) is 25.2 Å². The van der Waals surface area contributed by atoms with Crippen LogP contribution in [-0.4, -0.2) is 38.4 Å². The molecule has 1 fully saturated rings. The molecule has 5 nitrogen and oxygen atoms in total. The fourth-order valence-corrected chi connectivity index (χ4v) is 2.37. The zero-order chi connectivity index (χ0) is 14.5. The smallest absolute Gasteiger partial charge is 0.338 e. The van der Waals surface area contributed by atoms with E-state index >= 15 is 0 Å². The lowest BCUT2D eigenvalue weighted by molar-refractivity contribution is 0.0384. The zero-order valence-electron chi connectivity index (χ0n) is 12.1. The summed E-state index contributed by atoms with van der Waals surface area (Å²) in [6, 6.07) is 5.34. The van der Waals surface area contributed by atoms with Crippen LogP contribution in [0.2, 0.25) is 0 Å². The number of anilines is 2. The summed E-state index contributed by atoms with van der Waals surface area (Å²) in [5.41, 5.74) is 8.14. The van der Waals surface area contributed by atoms with E-state index in [9.17, 15) is 4.79 Å². The van der Waals surface area contributed by atoms with E-state index in [2.05, 4.69) is 11.8 Å². The molecule has 20 heavy (non-hydrogen) atoms. The molecule has 2 N–H and O–H groups in total. The van der Waals surface area contributed by atoms with Crippen LogP contribution >= 0.6 is 0 Å². The number of carbonyl (C=O) groups is 1. The molecule has 1 unspecified atom stereocenters. The summed E-state index contributed by atoms with van der Waals surface area (Å²) >= 11 is 0. The van der Waals surface area contributed by atoms with Crippen LogP contribution in [-0.2, 0) is 9.47 Å². The van der Waals surface area contributed by atoms with Gasteiger partial charge in [0.2, 0.25) is 0 Å². The summed E-state index contributed by atoms with van der Waals surface area (Å²) in [6.07, 6.45) is 1.23. The lowest BCUT2D eigenvalue weighted by Gasteiger charge is -2.34. The number of carbonyl (C=O) groups excluding carboxylic acids is 1. The molecule has 0 radical (unpaired) electrons. The van der Waals surface area contributed by atoms with Crippen molar-refractivity contribution >= 4 is 17.3 Å². The Morgan fingerprint density at radius 3 is 2.95 bits per heavy atom. The van der Waals surface area contributed by atoms with Crippen molar-refractivity contribution in [2.75, 3.05) is 36.9 Å². The number of nitrogens with two attached hydrogens (primary N) is 1. The fraction of sp³-hybridized carbons (Fsp3) is 0.533. The minimum absolute atomic E-state index is 0.243. The second-order valence-electron chi connectivity index (χ2n) is 4.84. The molecule has 5 heteroatoms. The van der Waals surface area contributed by atoms with Gasteiger partial charge < -0.3 is 20.1 Å². The van der Waals surface area contributed by atoms with Gasteiger partial charge in [-0.1, -0.05) is 6.92 Å². The molecule has 0 aliphatic carbocycles. The standard InChI is InChI=1S/C15H22N2O3/c1-3-12-10-17(7-8-20-12)14-6-5-11(9-13(14)16)15(18)19-4-2/h5-6,9,12H,3-4,7-8,10,16H2,1-2H3. The van der Waals surface area contributed by atoms with E-state index in [1.54, 1.807) is 19.1 Å². The average molecular weight is 278 g/mol. The first-order chi connectivity index (χ1) is 9.65. The molecule has 1 saturated heterocycles. The molecular formula is C15H22N2O3. The van der Waals surface area contributed by atoms with Gasteiger partial charge in [-0.3, -0.25) is 0 Å². The summed E-state index contributed by atoms with van der Waals surface area (Å²) in [6.45, 7) is 6.62. The van der Waals surface area contributed by atoms with Crippen LogP contribution in [0.3, 0.4) is 0 Å². The largest absolute Gasteiger partial charge is 0.462 e. The van der Waals surface area contributed by atoms with E-state index in [1.165, 1.54) is 0 Å². The van der Waals surface area contributed by atoms with Gasteiger partial charge in [-0.2, -0.15) is 0 Å². The predicted molar refractivity (Wildman–Crippen MR) is 79.1 cm³/mol. The molecule has 1 aromatic rings.